The summed E-state index contributed by atoms with van der Waals surface area (Å²) >= 11 is 0. The molecule has 3 unspecified atom stereocenters. The van der Waals surface area contributed by atoms with Gasteiger partial charge in [0.25, 0.3) is 0 Å². The van der Waals surface area contributed by atoms with Crippen molar-refractivity contribution in [1.82, 2.24) is 5.32 Å². The van der Waals surface area contributed by atoms with Gasteiger partial charge in [0.1, 0.15) is 5.41 Å². The number of alkyl halides is 1. The monoisotopic (exact) mass is 295 g/mol. The Morgan fingerprint density at radius 1 is 1.55 bits per heavy atom. The first kappa shape index (κ1) is 16.8. The van der Waals surface area contributed by atoms with Crippen molar-refractivity contribution in [2.75, 3.05) is 6.54 Å². The minimum absolute atomic E-state index is 0.0541. The molecule has 0 spiro atoms. The molecule has 1 amide bonds. The van der Waals surface area contributed by atoms with Gasteiger partial charge < -0.3 is 5.32 Å². The van der Waals surface area contributed by atoms with E-state index in [2.05, 4.69) is 21.1 Å². The average molecular weight is 295 g/mol. The van der Waals surface area contributed by atoms with Crippen LogP contribution in [0, 0.1) is 5.92 Å². The first-order chi connectivity index (χ1) is 9.45. The molecule has 20 heavy (non-hydrogen) atoms. The summed E-state index contributed by atoms with van der Waals surface area (Å²) in [6.07, 6.45) is 12.8. The fourth-order valence-corrected chi connectivity index (χ4v) is 2.18. The third kappa shape index (κ3) is 6.81. The van der Waals surface area contributed by atoms with Crippen LogP contribution in [0.5, 0.6) is 0 Å². The van der Waals surface area contributed by atoms with E-state index in [0.717, 1.165) is 6.42 Å². The van der Waals surface area contributed by atoms with E-state index in [1.54, 1.807) is 12.2 Å². The van der Waals surface area contributed by atoms with Crippen LogP contribution in [0.1, 0.15) is 26.2 Å². The number of rotatable bonds is 8. The topological polar surface area (TPSA) is 29.1 Å². The average Bonchev–Trinajstić information content (AvgIpc) is 2.97. The molecule has 0 aromatic rings. The Labute approximate surface area is 123 Å². The van der Waals surface area contributed by atoms with Crippen LogP contribution in [0.2, 0.25) is 0 Å². The van der Waals surface area contributed by atoms with Crippen molar-refractivity contribution in [3.63, 3.8) is 0 Å². The zero-order chi connectivity index (χ0) is 15.0. The van der Waals surface area contributed by atoms with Gasteiger partial charge in [0.15, 0.2) is 0 Å². The van der Waals surface area contributed by atoms with Crippen molar-refractivity contribution >= 4 is 15.1 Å². The molecule has 0 heterocycles. The predicted octanol–water partition coefficient (Wildman–Crippen LogP) is 3.69. The highest BCUT2D eigenvalue weighted by Gasteiger charge is 2.50. The molecule has 0 bridgehead atoms. The fourth-order valence-electron chi connectivity index (χ4n) is 1.76. The molecule has 1 fully saturated rings. The molecule has 0 aromatic carbocycles. The van der Waals surface area contributed by atoms with E-state index >= 15 is 0 Å². The van der Waals surface area contributed by atoms with Crippen molar-refractivity contribution in [2.45, 2.75) is 31.6 Å². The highest BCUT2D eigenvalue weighted by atomic mass is 31.0. The van der Waals surface area contributed by atoms with Gasteiger partial charge in [0.05, 0.1) is 0 Å². The van der Waals surface area contributed by atoms with Gasteiger partial charge in [-0.15, -0.1) is 0 Å². The lowest BCUT2D eigenvalue weighted by Gasteiger charge is -2.02. The lowest BCUT2D eigenvalue weighted by Crippen LogP contribution is -2.22. The van der Waals surface area contributed by atoms with E-state index < -0.39 is 5.41 Å². The van der Waals surface area contributed by atoms with Gasteiger partial charge in [-0.05, 0) is 32.3 Å². The lowest BCUT2D eigenvalue weighted by molar-refractivity contribution is -0.116. The Balaban J connectivity index is 2.14. The molecule has 1 aliphatic carbocycles. The smallest absolute Gasteiger partial charge is 0.243 e. The SMILES string of the molecule is C=C/C=C\C=C(/C)CCNC(=O)/C=C/CC1CC1(F)P. The number of halogens is 1. The van der Waals surface area contributed by atoms with Gasteiger partial charge in [-0.2, -0.15) is 0 Å². The summed E-state index contributed by atoms with van der Waals surface area (Å²) in [5.74, 6) is -0.0633. The Morgan fingerprint density at radius 3 is 2.85 bits per heavy atom. The molecule has 0 saturated heterocycles. The normalized spacial score (nSPS) is 26.1. The van der Waals surface area contributed by atoms with Crippen molar-refractivity contribution in [3.05, 3.63) is 48.6 Å². The number of hydrogen-bond acceptors (Lipinski definition) is 1. The summed E-state index contributed by atoms with van der Waals surface area (Å²) in [5, 5.41) is 1.71. The third-order valence-corrected chi connectivity index (χ3v) is 3.92. The summed E-state index contributed by atoms with van der Waals surface area (Å²) in [6.45, 7) is 6.21. The number of hydrogen-bond donors (Lipinski definition) is 1. The van der Waals surface area contributed by atoms with Gasteiger partial charge in [-0.3, -0.25) is 4.79 Å². The van der Waals surface area contributed by atoms with E-state index in [-0.39, 0.29) is 11.8 Å². The largest absolute Gasteiger partial charge is 0.352 e. The summed E-state index contributed by atoms with van der Waals surface area (Å²) in [6, 6.07) is 0. The van der Waals surface area contributed by atoms with E-state index in [4.69, 9.17) is 0 Å². The maximum Gasteiger partial charge on any atom is 0.243 e. The molecule has 110 valence electrons. The van der Waals surface area contributed by atoms with Crippen LogP contribution in [0.3, 0.4) is 0 Å². The molecular formula is C16H23FNOP. The summed E-state index contributed by atoms with van der Waals surface area (Å²) < 4.78 is 13.2. The molecule has 0 radical (unpaired) electrons. The second-order valence-electron chi connectivity index (χ2n) is 5.14. The highest BCUT2D eigenvalue weighted by Crippen LogP contribution is 2.54. The molecular weight excluding hydrogens is 272 g/mol. The maximum absolute atomic E-state index is 13.2. The van der Waals surface area contributed by atoms with Crippen LogP contribution in [0.25, 0.3) is 0 Å². The van der Waals surface area contributed by atoms with E-state index in [1.807, 2.05) is 25.2 Å². The van der Waals surface area contributed by atoms with Crippen molar-refractivity contribution in [1.29, 1.82) is 0 Å². The molecule has 3 atom stereocenters. The zero-order valence-corrected chi connectivity index (χ0v) is 13.1. The van der Waals surface area contributed by atoms with Crippen molar-refractivity contribution < 1.29 is 9.18 Å². The molecule has 0 aromatic heterocycles. The van der Waals surface area contributed by atoms with Crippen molar-refractivity contribution in [2.24, 2.45) is 5.92 Å². The maximum atomic E-state index is 13.2. The van der Waals surface area contributed by atoms with Crippen LogP contribution < -0.4 is 5.32 Å². The number of carbonyl (C=O) groups excluding carboxylic acids is 1. The summed E-state index contributed by atoms with van der Waals surface area (Å²) in [4.78, 5) is 11.5. The molecule has 4 heteroatoms. The van der Waals surface area contributed by atoms with E-state index in [0.29, 0.717) is 19.4 Å². The number of allylic oxidation sites excluding steroid dienone is 5. The number of nitrogens with one attached hydrogen (secondary N) is 1. The first-order valence-corrected chi connectivity index (χ1v) is 7.40. The van der Waals surface area contributed by atoms with Crippen LogP contribution in [0.15, 0.2) is 48.6 Å². The summed E-state index contributed by atoms with van der Waals surface area (Å²) in [7, 11) is 2.22. The molecule has 2 nitrogen and oxygen atoms in total. The van der Waals surface area contributed by atoms with Crippen LogP contribution in [-0.4, -0.2) is 17.9 Å². The Hall–Kier alpha value is -1.21. The summed E-state index contributed by atoms with van der Waals surface area (Å²) in [5.41, 5.74) is 1.19. The molecule has 1 aliphatic rings. The number of carbonyl (C=O) groups is 1. The second-order valence-corrected chi connectivity index (χ2v) is 6.10. The standard InChI is InChI=1S/C16H23FNOP/c1-3-4-5-7-13(2)10-11-18-15(19)9-6-8-14-12-16(14,17)20/h3-7,9,14H,1,8,10-12,20H2,2H3,(H,18,19)/b5-4-,9-6+,13-7+. The van der Waals surface area contributed by atoms with Crippen LogP contribution in [-0.2, 0) is 4.79 Å². The molecule has 1 saturated carbocycles. The quantitative estimate of drug-likeness (QED) is 0.413. The minimum atomic E-state index is -1.10. The Morgan fingerprint density at radius 2 is 2.25 bits per heavy atom. The molecule has 1 rings (SSSR count). The van der Waals surface area contributed by atoms with Gasteiger partial charge in [-0.1, -0.05) is 51.8 Å². The highest BCUT2D eigenvalue weighted by molar-refractivity contribution is 7.19. The van der Waals surface area contributed by atoms with Crippen LogP contribution in [0.4, 0.5) is 4.39 Å². The minimum Gasteiger partial charge on any atom is -0.352 e. The second kappa shape index (κ2) is 8.16. The molecule has 0 aliphatic heterocycles. The van der Waals surface area contributed by atoms with Gasteiger partial charge in [0.2, 0.25) is 5.91 Å². The zero-order valence-electron chi connectivity index (χ0n) is 11.9. The van der Waals surface area contributed by atoms with E-state index in [9.17, 15) is 9.18 Å². The Kier molecular flexibility index (Phi) is 6.87. The van der Waals surface area contributed by atoms with Gasteiger partial charge >= 0.3 is 0 Å². The number of amides is 1. The third-order valence-electron chi connectivity index (χ3n) is 3.21. The van der Waals surface area contributed by atoms with Crippen molar-refractivity contribution in [3.8, 4) is 0 Å². The molecule has 1 N–H and O–H groups in total. The van der Waals surface area contributed by atoms with E-state index in [1.165, 1.54) is 11.6 Å². The Bertz CT molecular complexity index is 438. The first-order valence-electron chi connectivity index (χ1n) is 6.82. The van der Waals surface area contributed by atoms with Crippen LogP contribution >= 0.6 is 9.24 Å². The van der Waals surface area contributed by atoms with Gasteiger partial charge in [0, 0.05) is 12.5 Å². The fraction of sp³-hybridized carbons (Fsp3) is 0.438. The van der Waals surface area contributed by atoms with Gasteiger partial charge in [-0.25, -0.2) is 4.39 Å². The lowest BCUT2D eigenvalue weighted by atomic mass is 10.2. The predicted molar refractivity (Wildman–Crippen MR) is 86.1 cm³/mol.